The van der Waals surface area contributed by atoms with Crippen molar-refractivity contribution in [1.29, 1.82) is 0 Å². The number of aromatic nitrogens is 2. The predicted molar refractivity (Wildman–Crippen MR) is 120 cm³/mol. The molecule has 32 heavy (non-hydrogen) atoms. The van der Waals surface area contributed by atoms with Crippen LogP contribution in [0.3, 0.4) is 0 Å². The van der Waals surface area contributed by atoms with Crippen LogP contribution in [0.25, 0.3) is 5.69 Å². The minimum atomic E-state index is -0.277. The van der Waals surface area contributed by atoms with Crippen molar-refractivity contribution in [2.24, 2.45) is 5.92 Å². The Kier molecular flexibility index (Phi) is 6.55. The highest BCUT2D eigenvalue weighted by atomic mass is 35.5. The lowest BCUT2D eigenvalue weighted by Crippen LogP contribution is -2.43. The van der Waals surface area contributed by atoms with Crippen molar-refractivity contribution in [3.05, 3.63) is 82.4 Å². The second-order valence-electron chi connectivity index (χ2n) is 7.96. The van der Waals surface area contributed by atoms with Crippen molar-refractivity contribution in [3.63, 3.8) is 0 Å². The van der Waals surface area contributed by atoms with Gasteiger partial charge in [-0.1, -0.05) is 35.9 Å². The number of para-hydroxylation sites is 1. The van der Waals surface area contributed by atoms with E-state index in [9.17, 15) is 14.0 Å². The summed E-state index contributed by atoms with van der Waals surface area (Å²) in [4.78, 5) is 27.1. The number of carbonyl (C=O) groups excluding carboxylic acids is 2. The lowest BCUT2D eigenvalue weighted by molar-refractivity contribution is -0.126. The summed E-state index contributed by atoms with van der Waals surface area (Å²) in [6.45, 7) is 2.95. The van der Waals surface area contributed by atoms with E-state index in [4.69, 9.17) is 11.6 Å². The molecule has 1 fully saturated rings. The first-order valence-corrected chi connectivity index (χ1v) is 10.9. The summed E-state index contributed by atoms with van der Waals surface area (Å²) >= 11 is 6.21. The highest BCUT2D eigenvalue weighted by Crippen LogP contribution is 2.22. The Hall–Kier alpha value is -3.19. The summed E-state index contributed by atoms with van der Waals surface area (Å²) in [5.74, 6) is -0.679. The molecular formula is C24H24ClFN4O2. The molecule has 1 aliphatic rings. The summed E-state index contributed by atoms with van der Waals surface area (Å²) in [5, 5.41) is 7.81. The second-order valence-corrected chi connectivity index (χ2v) is 8.37. The van der Waals surface area contributed by atoms with Gasteiger partial charge in [0.1, 0.15) is 5.82 Å². The molecule has 4 rings (SSSR count). The Labute approximate surface area is 191 Å². The van der Waals surface area contributed by atoms with E-state index in [1.807, 2.05) is 24.3 Å². The monoisotopic (exact) mass is 454 g/mol. The summed E-state index contributed by atoms with van der Waals surface area (Å²) in [7, 11) is 0. The lowest BCUT2D eigenvalue weighted by atomic mass is 9.95. The molecule has 0 unspecified atom stereocenters. The number of halogens is 2. The number of hydrogen-bond acceptors (Lipinski definition) is 3. The maximum Gasteiger partial charge on any atom is 0.274 e. The fourth-order valence-electron chi connectivity index (χ4n) is 3.80. The van der Waals surface area contributed by atoms with E-state index in [2.05, 4.69) is 10.4 Å². The Morgan fingerprint density at radius 1 is 1.16 bits per heavy atom. The van der Waals surface area contributed by atoms with Gasteiger partial charge in [-0.15, -0.1) is 0 Å². The first kappa shape index (κ1) is 22.0. The van der Waals surface area contributed by atoms with Crippen LogP contribution in [0.2, 0.25) is 5.02 Å². The molecule has 0 radical (unpaired) electrons. The smallest absolute Gasteiger partial charge is 0.274 e. The van der Waals surface area contributed by atoms with Gasteiger partial charge in [-0.2, -0.15) is 5.10 Å². The molecule has 166 valence electrons. The molecule has 6 nitrogen and oxygen atoms in total. The maximum absolute atomic E-state index is 13.7. The molecule has 2 aromatic carbocycles. The van der Waals surface area contributed by atoms with Gasteiger partial charge in [0.2, 0.25) is 5.91 Å². The molecule has 0 atom stereocenters. The topological polar surface area (TPSA) is 67.2 Å². The number of amides is 2. The molecule has 0 aliphatic carbocycles. The summed E-state index contributed by atoms with van der Waals surface area (Å²) in [5.41, 5.74) is 2.35. The molecule has 0 saturated carbocycles. The molecule has 0 spiro atoms. The maximum atomic E-state index is 13.7. The summed E-state index contributed by atoms with van der Waals surface area (Å²) < 4.78 is 15.3. The van der Waals surface area contributed by atoms with Gasteiger partial charge in [0.05, 0.1) is 10.7 Å². The van der Waals surface area contributed by atoms with Crippen molar-refractivity contribution in [1.82, 2.24) is 20.0 Å². The minimum Gasteiger partial charge on any atom is -0.352 e. The Morgan fingerprint density at radius 3 is 2.62 bits per heavy atom. The molecule has 0 bridgehead atoms. The Bertz CT molecular complexity index is 1140. The fourth-order valence-corrected chi connectivity index (χ4v) is 4.02. The van der Waals surface area contributed by atoms with E-state index < -0.39 is 0 Å². The van der Waals surface area contributed by atoms with Gasteiger partial charge in [0.25, 0.3) is 5.91 Å². The zero-order valence-electron chi connectivity index (χ0n) is 17.7. The third-order valence-electron chi connectivity index (χ3n) is 5.76. The molecule has 2 amide bonds. The number of likely N-dealkylation sites (tertiary alicyclic amines) is 1. The van der Waals surface area contributed by atoms with Gasteiger partial charge >= 0.3 is 0 Å². The lowest BCUT2D eigenvalue weighted by Gasteiger charge is -2.30. The molecule has 3 aromatic rings. The quantitative estimate of drug-likeness (QED) is 0.630. The van der Waals surface area contributed by atoms with Crippen LogP contribution in [0.5, 0.6) is 0 Å². The van der Waals surface area contributed by atoms with Gasteiger partial charge in [-0.3, -0.25) is 9.59 Å². The van der Waals surface area contributed by atoms with Crippen LogP contribution in [-0.2, 0) is 11.3 Å². The minimum absolute atomic E-state index is 0.0684. The third-order valence-corrected chi connectivity index (χ3v) is 6.08. The van der Waals surface area contributed by atoms with Crippen LogP contribution in [0.1, 0.15) is 34.5 Å². The number of carbonyl (C=O) groups is 2. The van der Waals surface area contributed by atoms with E-state index in [1.165, 1.54) is 6.07 Å². The van der Waals surface area contributed by atoms with E-state index in [0.717, 1.165) is 5.56 Å². The van der Waals surface area contributed by atoms with Crippen molar-refractivity contribution in [2.75, 3.05) is 13.1 Å². The zero-order valence-corrected chi connectivity index (χ0v) is 18.5. The summed E-state index contributed by atoms with van der Waals surface area (Å²) in [6, 6.07) is 13.9. The molecule has 1 aromatic heterocycles. The van der Waals surface area contributed by atoms with Crippen LogP contribution in [0.4, 0.5) is 4.39 Å². The van der Waals surface area contributed by atoms with Crippen LogP contribution >= 0.6 is 11.6 Å². The van der Waals surface area contributed by atoms with Crippen LogP contribution < -0.4 is 5.32 Å². The predicted octanol–water partition coefficient (Wildman–Crippen LogP) is 4.14. The van der Waals surface area contributed by atoms with Gasteiger partial charge in [-0.05, 0) is 55.2 Å². The molecule has 1 aliphatic heterocycles. The van der Waals surface area contributed by atoms with Crippen LogP contribution in [0.15, 0.2) is 54.7 Å². The number of rotatable bonds is 5. The number of nitrogens with one attached hydrogen (secondary N) is 1. The van der Waals surface area contributed by atoms with Crippen molar-refractivity contribution in [2.45, 2.75) is 26.3 Å². The van der Waals surface area contributed by atoms with Crippen molar-refractivity contribution in [3.8, 4) is 5.69 Å². The van der Waals surface area contributed by atoms with Crippen molar-refractivity contribution >= 4 is 23.4 Å². The number of nitrogens with zero attached hydrogens (tertiary/aromatic N) is 3. The normalized spacial score (nSPS) is 14.4. The van der Waals surface area contributed by atoms with Gasteiger partial charge < -0.3 is 10.2 Å². The largest absolute Gasteiger partial charge is 0.352 e. The highest BCUT2D eigenvalue weighted by Gasteiger charge is 2.28. The standard InChI is InChI=1S/C24H24ClFN4O2/c1-16-6-7-17(14-20(16)26)15-27-23(31)18-8-11-29(12-9-18)24(32)21-10-13-30(28-21)22-5-3-2-4-19(22)25/h2-7,10,13-14,18H,8-9,11-12,15H2,1H3,(H,27,31). The van der Waals surface area contributed by atoms with Gasteiger partial charge in [0.15, 0.2) is 5.69 Å². The van der Waals surface area contributed by atoms with E-state index in [0.29, 0.717) is 47.9 Å². The van der Waals surface area contributed by atoms with E-state index in [-0.39, 0.29) is 30.1 Å². The van der Waals surface area contributed by atoms with E-state index in [1.54, 1.807) is 40.9 Å². The first-order chi connectivity index (χ1) is 15.4. The Balaban J connectivity index is 1.30. The summed E-state index contributed by atoms with van der Waals surface area (Å²) in [6.07, 6.45) is 2.86. The molecular weight excluding hydrogens is 431 g/mol. The average Bonchev–Trinajstić information content (AvgIpc) is 3.29. The number of hydrogen-bond donors (Lipinski definition) is 1. The van der Waals surface area contributed by atoms with E-state index >= 15 is 0 Å². The molecule has 2 heterocycles. The van der Waals surface area contributed by atoms with Crippen LogP contribution in [-0.4, -0.2) is 39.6 Å². The molecule has 1 saturated heterocycles. The van der Waals surface area contributed by atoms with Crippen molar-refractivity contribution < 1.29 is 14.0 Å². The molecule has 8 heteroatoms. The number of aryl methyl sites for hydroxylation is 1. The number of benzene rings is 2. The average molecular weight is 455 g/mol. The first-order valence-electron chi connectivity index (χ1n) is 10.5. The Morgan fingerprint density at radius 2 is 1.91 bits per heavy atom. The SMILES string of the molecule is Cc1ccc(CNC(=O)C2CCN(C(=O)c3ccn(-c4ccccc4Cl)n3)CC2)cc1F. The third kappa shape index (κ3) is 4.83. The zero-order chi connectivity index (χ0) is 22.7. The highest BCUT2D eigenvalue weighted by molar-refractivity contribution is 6.32. The number of piperidine rings is 1. The van der Waals surface area contributed by atoms with Crippen LogP contribution in [0, 0.1) is 18.7 Å². The second kappa shape index (κ2) is 9.53. The fraction of sp³-hybridized carbons (Fsp3) is 0.292. The van der Waals surface area contributed by atoms with Gasteiger partial charge in [-0.25, -0.2) is 9.07 Å². The van der Waals surface area contributed by atoms with Gasteiger partial charge in [0, 0.05) is 31.7 Å². The molecule has 1 N–H and O–H groups in total.